The number of nitro benzene ring substituents is 1. The molecule has 3 N–H and O–H groups in total. The number of nitrogens with zero attached hydrogens (tertiary/aromatic N) is 1. The van der Waals surface area contributed by atoms with E-state index in [1.807, 2.05) is 27.7 Å². The number of carbonyl (C=O) groups excluding carboxylic acids is 2. The van der Waals surface area contributed by atoms with Gasteiger partial charge in [0.15, 0.2) is 13.1 Å². The average molecular weight is 351 g/mol. The largest absolute Gasteiger partial charge is 0.349 e. The van der Waals surface area contributed by atoms with E-state index in [9.17, 15) is 19.7 Å². The van der Waals surface area contributed by atoms with Crippen LogP contribution in [0, 0.1) is 24.0 Å². The lowest BCUT2D eigenvalue weighted by Gasteiger charge is -2.18. The molecule has 0 saturated heterocycles. The first kappa shape index (κ1) is 20.6. The Morgan fingerprint density at radius 1 is 1.16 bits per heavy atom. The monoisotopic (exact) mass is 351 g/mol. The van der Waals surface area contributed by atoms with E-state index in [1.54, 1.807) is 13.0 Å². The number of amides is 2. The minimum Gasteiger partial charge on any atom is -0.349 e. The molecule has 0 aromatic heterocycles. The summed E-state index contributed by atoms with van der Waals surface area (Å²) in [4.78, 5) is 35.6. The minimum atomic E-state index is -0.511. The number of likely N-dealkylation sites (N-methyl/N-ethyl adjacent to an activating group) is 1. The summed E-state index contributed by atoms with van der Waals surface area (Å²) in [5.74, 6) is -0.489. The average Bonchev–Trinajstić information content (AvgIpc) is 2.48. The van der Waals surface area contributed by atoms with Crippen LogP contribution in [-0.4, -0.2) is 42.4 Å². The molecule has 1 aromatic rings. The minimum absolute atomic E-state index is 0.0395. The summed E-state index contributed by atoms with van der Waals surface area (Å²) in [6, 6.07) is 3.09. The molecule has 1 rings (SSSR count). The maximum absolute atomic E-state index is 12.3. The Bertz CT molecular complexity index is 658. The van der Waals surface area contributed by atoms with E-state index in [0.29, 0.717) is 6.54 Å². The summed E-state index contributed by atoms with van der Waals surface area (Å²) in [6.07, 6.45) is 0. The molecule has 0 saturated carbocycles. The number of nitro groups is 1. The smallest absolute Gasteiger partial charge is 0.293 e. The maximum Gasteiger partial charge on any atom is 0.293 e. The van der Waals surface area contributed by atoms with Crippen molar-refractivity contribution in [1.82, 2.24) is 5.32 Å². The molecular weight excluding hydrogens is 324 g/mol. The van der Waals surface area contributed by atoms with Gasteiger partial charge in [0, 0.05) is 12.1 Å². The summed E-state index contributed by atoms with van der Waals surface area (Å²) < 4.78 is 0. The quantitative estimate of drug-likeness (QED) is 0.470. The summed E-state index contributed by atoms with van der Waals surface area (Å²) in [7, 11) is 0. The molecule has 1 unspecified atom stereocenters. The molecular formula is C17H27N4O4+. The predicted molar refractivity (Wildman–Crippen MR) is 95.7 cm³/mol. The van der Waals surface area contributed by atoms with Crippen LogP contribution >= 0.6 is 0 Å². The maximum atomic E-state index is 12.3. The molecule has 8 nitrogen and oxygen atoms in total. The highest BCUT2D eigenvalue weighted by Gasteiger charge is 2.21. The topological polar surface area (TPSA) is 106 Å². The van der Waals surface area contributed by atoms with Gasteiger partial charge in [-0.1, -0.05) is 0 Å². The molecule has 2 amide bonds. The van der Waals surface area contributed by atoms with Gasteiger partial charge in [-0.3, -0.25) is 19.7 Å². The van der Waals surface area contributed by atoms with Crippen LogP contribution in [0.25, 0.3) is 0 Å². The Hall–Kier alpha value is -2.48. The number of nitrogens with one attached hydrogen (secondary N) is 3. The lowest BCUT2D eigenvalue weighted by molar-refractivity contribution is -0.881. The van der Waals surface area contributed by atoms with Crippen LogP contribution in [0.3, 0.4) is 0 Å². The molecule has 1 aromatic carbocycles. The van der Waals surface area contributed by atoms with Crippen LogP contribution < -0.4 is 15.5 Å². The summed E-state index contributed by atoms with van der Waals surface area (Å²) in [5.41, 5.74) is 1.69. The van der Waals surface area contributed by atoms with Gasteiger partial charge in [-0.2, -0.15) is 0 Å². The fraction of sp³-hybridized carbons (Fsp3) is 0.529. The van der Waals surface area contributed by atoms with Gasteiger partial charge in [-0.05, 0) is 51.8 Å². The van der Waals surface area contributed by atoms with E-state index in [2.05, 4.69) is 10.6 Å². The zero-order chi connectivity index (χ0) is 19.1. The van der Waals surface area contributed by atoms with Crippen LogP contribution in [0.2, 0.25) is 0 Å². The SMILES string of the molecule is CC[NH+](CC(=O)Nc1cc(C)c(C)cc1[N+](=O)[O-])CC(=O)NC(C)C. The Kier molecular flexibility index (Phi) is 7.50. The summed E-state index contributed by atoms with van der Waals surface area (Å²) in [6.45, 7) is 10.1. The van der Waals surface area contributed by atoms with Gasteiger partial charge in [-0.15, -0.1) is 0 Å². The summed E-state index contributed by atoms with van der Waals surface area (Å²) in [5, 5.41) is 16.6. The highest BCUT2D eigenvalue weighted by Crippen LogP contribution is 2.27. The van der Waals surface area contributed by atoms with E-state index in [-0.39, 0.29) is 42.3 Å². The van der Waals surface area contributed by atoms with Gasteiger partial charge in [0.2, 0.25) is 0 Å². The zero-order valence-corrected chi connectivity index (χ0v) is 15.4. The van der Waals surface area contributed by atoms with Crippen LogP contribution in [0.15, 0.2) is 12.1 Å². The molecule has 0 radical (unpaired) electrons. The second kappa shape index (κ2) is 9.12. The standard InChI is InChI=1S/C17H26N4O4/c1-6-20(9-16(22)18-11(2)3)10-17(23)19-14-7-12(4)13(5)8-15(14)21(24)25/h7-8,11H,6,9-10H2,1-5H3,(H,18,22)(H,19,23)/p+1. The first-order chi connectivity index (χ1) is 11.6. The number of aryl methyl sites for hydroxylation is 2. The number of quaternary nitrogens is 1. The Morgan fingerprint density at radius 3 is 2.24 bits per heavy atom. The fourth-order valence-corrected chi connectivity index (χ4v) is 2.39. The fourth-order valence-electron chi connectivity index (χ4n) is 2.39. The second-order valence-corrected chi connectivity index (χ2v) is 6.44. The van der Waals surface area contributed by atoms with Crippen LogP contribution in [0.4, 0.5) is 11.4 Å². The third kappa shape index (κ3) is 6.50. The molecule has 0 spiro atoms. The number of carbonyl (C=O) groups is 2. The van der Waals surface area contributed by atoms with Gasteiger partial charge in [0.1, 0.15) is 5.69 Å². The van der Waals surface area contributed by atoms with Crippen molar-refractivity contribution in [3.8, 4) is 0 Å². The van der Waals surface area contributed by atoms with Gasteiger partial charge in [0.05, 0.1) is 11.5 Å². The first-order valence-electron chi connectivity index (χ1n) is 8.32. The number of benzene rings is 1. The lowest BCUT2D eigenvalue weighted by Crippen LogP contribution is -3.14. The number of anilines is 1. The molecule has 0 fully saturated rings. The number of hydrogen-bond acceptors (Lipinski definition) is 4. The molecule has 25 heavy (non-hydrogen) atoms. The first-order valence-corrected chi connectivity index (χ1v) is 8.32. The Balaban J connectivity index is 2.80. The third-order valence-electron chi connectivity index (χ3n) is 3.85. The van der Waals surface area contributed by atoms with Crippen molar-refractivity contribution in [3.05, 3.63) is 33.4 Å². The molecule has 0 aliphatic rings. The lowest BCUT2D eigenvalue weighted by atomic mass is 10.1. The number of rotatable bonds is 8. The summed E-state index contributed by atoms with van der Waals surface area (Å²) >= 11 is 0. The van der Waals surface area contributed by atoms with E-state index in [4.69, 9.17) is 0 Å². The van der Waals surface area contributed by atoms with Crippen molar-refractivity contribution in [3.63, 3.8) is 0 Å². The van der Waals surface area contributed by atoms with Crippen LogP contribution in [-0.2, 0) is 9.59 Å². The zero-order valence-electron chi connectivity index (χ0n) is 15.4. The van der Waals surface area contributed by atoms with Crippen LogP contribution in [0.5, 0.6) is 0 Å². The van der Waals surface area contributed by atoms with Crippen molar-refractivity contribution in [1.29, 1.82) is 0 Å². The second-order valence-electron chi connectivity index (χ2n) is 6.44. The van der Waals surface area contributed by atoms with Crippen molar-refractivity contribution in [2.75, 3.05) is 25.0 Å². The Morgan fingerprint density at radius 2 is 1.72 bits per heavy atom. The highest BCUT2D eigenvalue weighted by molar-refractivity contribution is 5.94. The normalized spacial score (nSPS) is 11.9. The van der Waals surface area contributed by atoms with Gasteiger partial charge in [-0.25, -0.2) is 0 Å². The van der Waals surface area contributed by atoms with Crippen molar-refractivity contribution in [2.24, 2.45) is 0 Å². The van der Waals surface area contributed by atoms with E-state index in [0.717, 1.165) is 16.0 Å². The van der Waals surface area contributed by atoms with Gasteiger partial charge >= 0.3 is 0 Å². The molecule has 8 heteroatoms. The van der Waals surface area contributed by atoms with E-state index < -0.39 is 4.92 Å². The number of hydrogen-bond donors (Lipinski definition) is 3. The van der Waals surface area contributed by atoms with Gasteiger partial charge in [0.25, 0.3) is 17.5 Å². The third-order valence-corrected chi connectivity index (χ3v) is 3.85. The van der Waals surface area contributed by atoms with Crippen molar-refractivity contribution < 1.29 is 19.4 Å². The molecule has 0 aliphatic heterocycles. The highest BCUT2D eigenvalue weighted by atomic mass is 16.6. The van der Waals surface area contributed by atoms with E-state index in [1.165, 1.54) is 6.07 Å². The molecule has 1 atom stereocenters. The van der Waals surface area contributed by atoms with Gasteiger partial charge < -0.3 is 15.5 Å². The van der Waals surface area contributed by atoms with Crippen molar-refractivity contribution in [2.45, 2.75) is 40.7 Å². The van der Waals surface area contributed by atoms with Crippen molar-refractivity contribution >= 4 is 23.2 Å². The predicted octanol–water partition coefficient (Wildman–Crippen LogP) is 0.580. The van der Waals surface area contributed by atoms with E-state index >= 15 is 0 Å². The molecule has 0 heterocycles. The van der Waals surface area contributed by atoms with Crippen LogP contribution in [0.1, 0.15) is 31.9 Å². The molecule has 0 aliphatic carbocycles. The molecule has 0 bridgehead atoms. The molecule has 138 valence electrons. The Labute approximate surface area is 147 Å².